The van der Waals surface area contributed by atoms with Crippen LogP contribution in [-0.4, -0.2) is 55.2 Å². The number of hydrogen-bond donors (Lipinski definition) is 1. The van der Waals surface area contributed by atoms with Gasteiger partial charge in [-0.25, -0.2) is 0 Å². The summed E-state index contributed by atoms with van der Waals surface area (Å²) in [7, 11) is 4.75. The van der Waals surface area contributed by atoms with Crippen LogP contribution in [0.4, 0.5) is 0 Å². The Bertz CT molecular complexity index is 966. The maximum atomic E-state index is 13.2. The molecular formula is C20H21N3O4S. The van der Waals surface area contributed by atoms with Gasteiger partial charge in [-0.3, -0.25) is 9.89 Å². The van der Waals surface area contributed by atoms with E-state index in [2.05, 4.69) is 10.2 Å². The second-order valence-electron chi connectivity index (χ2n) is 6.38. The third-order valence-electron chi connectivity index (χ3n) is 4.90. The van der Waals surface area contributed by atoms with Gasteiger partial charge in [-0.1, -0.05) is 18.2 Å². The lowest BCUT2D eigenvalue weighted by Crippen LogP contribution is -2.38. The average molecular weight is 399 g/mol. The van der Waals surface area contributed by atoms with Crippen LogP contribution in [0.3, 0.4) is 0 Å². The molecule has 2 aromatic heterocycles. The number of fused-ring (bicyclic) bond motifs is 1. The lowest BCUT2D eigenvalue weighted by Gasteiger charge is -2.29. The van der Waals surface area contributed by atoms with Crippen LogP contribution in [0.5, 0.6) is 5.75 Å². The molecule has 28 heavy (non-hydrogen) atoms. The standard InChI is InChI=1S/C20H21N3O4S/c1-25-13-7-4-6-12(10-13)19-16-17(14-8-5-9-28-14)21-22-18(16)20(24)23(19)11-15(26-2)27-3/h4-10,15,19H,11H2,1-3H3,(H,21,22). The summed E-state index contributed by atoms with van der Waals surface area (Å²) in [4.78, 5) is 16.0. The number of nitrogens with one attached hydrogen (secondary N) is 1. The van der Waals surface area contributed by atoms with Crippen molar-refractivity contribution in [1.82, 2.24) is 15.1 Å². The second-order valence-corrected chi connectivity index (χ2v) is 7.32. The van der Waals surface area contributed by atoms with Crippen molar-refractivity contribution in [1.29, 1.82) is 0 Å². The van der Waals surface area contributed by atoms with E-state index in [1.807, 2.05) is 41.8 Å². The quantitative estimate of drug-likeness (QED) is 0.617. The molecule has 0 saturated carbocycles. The smallest absolute Gasteiger partial charge is 0.275 e. The van der Waals surface area contributed by atoms with Crippen molar-refractivity contribution in [2.45, 2.75) is 12.3 Å². The van der Waals surface area contributed by atoms with Gasteiger partial charge in [0.1, 0.15) is 5.75 Å². The van der Waals surface area contributed by atoms with Crippen LogP contribution in [0.15, 0.2) is 41.8 Å². The number of carbonyl (C=O) groups is 1. The Labute approximate surface area is 166 Å². The van der Waals surface area contributed by atoms with Crippen LogP contribution < -0.4 is 4.74 Å². The van der Waals surface area contributed by atoms with E-state index in [0.717, 1.165) is 27.4 Å². The Morgan fingerprint density at radius 3 is 2.71 bits per heavy atom. The van der Waals surface area contributed by atoms with E-state index in [0.29, 0.717) is 5.69 Å². The van der Waals surface area contributed by atoms with Crippen LogP contribution in [0, 0.1) is 0 Å². The maximum absolute atomic E-state index is 13.2. The van der Waals surface area contributed by atoms with Crippen LogP contribution in [0.2, 0.25) is 0 Å². The van der Waals surface area contributed by atoms with Gasteiger partial charge in [0.25, 0.3) is 5.91 Å². The van der Waals surface area contributed by atoms with Crippen molar-refractivity contribution in [3.8, 4) is 16.3 Å². The number of rotatable bonds is 7. The Kier molecular flexibility index (Phi) is 5.17. The van der Waals surface area contributed by atoms with Gasteiger partial charge in [0.05, 0.1) is 30.3 Å². The monoisotopic (exact) mass is 399 g/mol. The third kappa shape index (κ3) is 3.09. The van der Waals surface area contributed by atoms with Gasteiger partial charge in [0.2, 0.25) is 0 Å². The molecule has 7 nitrogen and oxygen atoms in total. The highest BCUT2D eigenvalue weighted by molar-refractivity contribution is 7.13. The van der Waals surface area contributed by atoms with Gasteiger partial charge in [0.15, 0.2) is 12.0 Å². The van der Waals surface area contributed by atoms with Crippen LogP contribution in [0.1, 0.15) is 27.7 Å². The van der Waals surface area contributed by atoms with E-state index in [4.69, 9.17) is 14.2 Å². The third-order valence-corrected chi connectivity index (χ3v) is 5.79. The lowest BCUT2D eigenvalue weighted by atomic mass is 9.98. The first-order valence-electron chi connectivity index (χ1n) is 8.80. The van der Waals surface area contributed by atoms with Gasteiger partial charge in [-0.05, 0) is 29.1 Å². The van der Waals surface area contributed by atoms with Gasteiger partial charge in [0, 0.05) is 19.8 Å². The number of ether oxygens (including phenoxy) is 3. The van der Waals surface area contributed by atoms with Crippen LogP contribution >= 0.6 is 11.3 Å². The normalized spacial score (nSPS) is 16.1. The summed E-state index contributed by atoms with van der Waals surface area (Å²) >= 11 is 1.60. The Balaban J connectivity index is 1.85. The second kappa shape index (κ2) is 7.75. The van der Waals surface area contributed by atoms with E-state index < -0.39 is 6.29 Å². The molecule has 1 aromatic carbocycles. The number of amides is 1. The molecule has 1 amide bonds. The minimum Gasteiger partial charge on any atom is -0.497 e. The highest BCUT2D eigenvalue weighted by Gasteiger charge is 2.43. The highest BCUT2D eigenvalue weighted by Crippen LogP contribution is 2.44. The molecule has 1 aliphatic rings. The summed E-state index contributed by atoms with van der Waals surface area (Å²) in [5.74, 6) is 0.579. The van der Waals surface area contributed by atoms with Gasteiger partial charge in [-0.2, -0.15) is 5.10 Å². The van der Waals surface area contributed by atoms with E-state index in [1.54, 1.807) is 37.6 Å². The molecule has 8 heteroatoms. The van der Waals surface area contributed by atoms with E-state index in [1.165, 1.54) is 0 Å². The molecule has 0 radical (unpaired) electrons. The number of aromatic nitrogens is 2. The molecule has 0 saturated heterocycles. The predicted octanol–water partition coefficient (Wildman–Crippen LogP) is 3.31. The van der Waals surface area contributed by atoms with E-state index in [-0.39, 0.29) is 18.5 Å². The summed E-state index contributed by atoms with van der Waals surface area (Å²) in [6.07, 6.45) is -0.532. The van der Waals surface area contributed by atoms with Gasteiger partial charge >= 0.3 is 0 Å². The molecule has 1 N–H and O–H groups in total. The Morgan fingerprint density at radius 2 is 2.04 bits per heavy atom. The molecule has 4 rings (SSSR count). The number of benzene rings is 1. The molecule has 3 aromatic rings. The van der Waals surface area contributed by atoms with Crippen molar-refractivity contribution in [3.05, 3.63) is 58.6 Å². The number of carbonyl (C=O) groups excluding carboxylic acids is 1. The molecule has 1 atom stereocenters. The number of methoxy groups -OCH3 is 3. The minimum absolute atomic E-state index is 0.152. The zero-order valence-corrected chi connectivity index (χ0v) is 16.7. The topological polar surface area (TPSA) is 76.7 Å². The first-order valence-corrected chi connectivity index (χ1v) is 9.68. The SMILES string of the molecule is COc1cccc(C2c3c(n[nH]c3-c3cccs3)C(=O)N2CC(OC)OC)c1. The Morgan fingerprint density at radius 1 is 1.21 bits per heavy atom. The summed E-state index contributed by atoms with van der Waals surface area (Å²) in [6, 6.07) is 11.4. The number of nitrogens with zero attached hydrogens (tertiary/aromatic N) is 2. The maximum Gasteiger partial charge on any atom is 0.275 e. The fourth-order valence-electron chi connectivity index (χ4n) is 3.55. The Hall–Kier alpha value is -2.68. The molecular weight excluding hydrogens is 378 g/mol. The summed E-state index contributed by atoms with van der Waals surface area (Å²) in [5.41, 5.74) is 3.10. The van der Waals surface area contributed by atoms with Crippen molar-refractivity contribution in [3.63, 3.8) is 0 Å². The molecule has 0 fully saturated rings. The lowest BCUT2D eigenvalue weighted by molar-refractivity contribution is -0.113. The highest BCUT2D eigenvalue weighted by atomic mass is 32.1. The van der Waals surface area contributed by atoms with Crippen LogP contribution in [0.25, 0.3) is 10.6 Å². The van der Waals surface area contributed by atoms with Crippen LogP contribution in [-0.2, 0) is 9.47 Å². The molecule has 0 spiro atoms. The molecule has 146 valence electrons. The minimum atomic E-state index is -0.532. The molecule has 3 heterocycles. The number of aromatic amines is 1. The van der Waals surface area contributed by atoms with Crippen molar-refractivity contribution < 1.29 is 19.0 Å². The van der Waals surface area contributed by atoms with Gasteiger partial charge < -0.3 is 19.1 Å². The first-order chi connectivity index (χ1) is 13.7. The van der Waals surface area contributed by atoms with Crippen molar-refractivity contribution >= 4 is 17.2 Å². The molecule has 0 bridgehead atoms. The average Bonchev–Trinajstić information content (AvgIpc) is 3.44. The summed E-state index contributed by atoms with van der Waals surface area (Å²) < 4.78 is 16.1. The zero-order valence-electron chi connectivity index (χ0n) is 15.8. The molecule has 1 aliphatic heterocycles. The van der Waals surface area contributed by atoms with E-state index >= 15 is 0 Å². The van der Waals surface area contributed by atoms with Crippen molar-refractivity contribution in [2.24, 2.45) is 0 Å². The fourth-order valence-corrected chi connectivity index (χ4v) is 4.28. The zero-order chi connectivity index (χ0) is 19.7. The molecule has 0 aliphatic carbocycles. The first kappa shape index (κ1) is 18.7. The van der Waals surface area contributed by atoms with Gasteiger partial charge in [-0.15, -0.1) is 11.3 Å². The fraction of sp³-hybridized carbons (Fsp3) is 0.300. The summed E-state index contributed by atoms with van der Waals surface area (Å²) in [5, 5.41) is 9.40. The number of H-pyrrole nitrogens is 1. The van der Waals surface area contributed by atoms with Crippen molar-refractivity contribution in [2.75, 3.05) is 27.9 Å². The number of hydrogen-bond acceptors (Lipinski definition) is 6. The predicted molar refractivity (Wildman–Crippen MR) is 106 cm³/mol. The molecule has 1 unspecified atom stereocenters. The summed E-state index contributed by atoms with van der Waals surface area (Å²) in [6.45, 7) is 0.286. The van der Waals surface area contributed by atoms with E-state index in [9.17, 15) is 4.79 Å². The largest absolute Gasteiger partial charge is 0.497 e. The number of thiophene rings is 1.